The highest BCUT2D eigenvalue weighted by Gasteiger charge is 2.52. The van der Waals surface area contributed by atoms with Crippen molar-refractivity contribution in [3.63, 3.8) is 0 Å². The topological polar surface area (TPSA) is 103 Å². The van der Waals surface area contributed by atoms with Crippen LogP contribution in [0.15, 0.2) is 65.5 Å². The summed E-state index contributed by atoms with van der Waals surface area (Å²) in [6, 6.07) is 7.15. The van der Waals surface area contributed by atoms with E-state index in [1.54, 1.807) is 36.9 Å². The summed E-state index contributed by atoms with van der Waals surface area (Å²) in [6.07, 6.45) is 0.836. The molecule has 4 heterocycles. The van der Waals surface area contributed by atoms with Crippen LogP contribution in [0.25, 0.3) is 11.8 Å². The lowest BCUT2D eigenvalue weighted by atomic mass is 9.65. The SMILES string of the molecule is Cc1c(S(=O)(=O)N2CCC3=Cc4c(cnn4-c4ccc(F)cc4)CC3(C(=O)c3cc(C(F)(F)F)ccn3)C2)cnn1C. The van der Waals surface area contributed by atoms with Gasteiger partial charge in [-0.25, -0.2) is 17.5 Å². The number of hydrogen-bond acceptors (Lipinski definition) is 6. The van der Waals surface area contributed by atoms with E-state index < -0.39 is 44.5 Å². The van der Waals surface area contributed by atoms with Crippen LogP contribution in [0.4, 0.5) is 17.6 Å². The number of nitrogens with zero attached hydrogens (tertiary/aromatic N) is 6. The minimum Gasteiger partial charge on any atom is -0.291 e. The van der Waals surface area contributed by atoms with Crippen molar-refractivity contribution in [3.05, 3.63) is 94.6 Å². The Hall–Kier alpha value is -4.17. The molecule has 14 heteroatoms. The summed E-state index contributed by atoms with van der Waals surface area (Å²) >= 11 is 0. The van der Waals surface area contributed by atoms with Crippen LogP contribution in [0.1, 0.15) is 39.4 Å². The average Bonchev–Trinajstić information content (AvgIpc) is 3.53. The number of pyridine rings is 1. The van der Waals surface area contributed by atoms with E-state index in [4.69, 9.17) is 0 Å². The lowest BCUT2D eigenvalue weighted by Crippen LogP contribution is -2.53. The summed E-state index contributed by atoms with van der Waals surface area (Å²) in [6.45, 7) is 1.33. The van der Waals surface area contributed by atoms with Crippen LogP contribution in [0.2, 0.25) is 0 Å². The molecule has 3 aromatic heterocycles. The molecule has 1 fully saturated rings. The van der Waals surface area contributed by atoms with E-state index in [1.807, 2.05) is 0 Å². The molecule has 0 N–H and O–H groups in total. The Labute approximate surface area is 238 Å². The summed E-state index contributed by atoms with van der Waals surface area (Å²) in [5.74, 6) is -1.14. The van der Waals surface area contributed by atoms with Crippen LogP contribution >= 0.6 is 0 Å². The number of halogens is 4. The Morgan fingerprint density at radius 1 is 1.07 bits per heavy atom. The fourth-order valence-electron chi connectivity index (χ4n) is 5.66. The second-order valence-corrected chi connectivity index (χ2v) is 12.3. The number of ketones is 1. The van der Waals surface area contributed by atoms with Gasteiger partial charge in [-0.2, -0.15) is 27.7 Å². The molecule has 1 aliphatic carbocycles. The molecule has 0 amide bonds. The van der Waals surface area contributed by atoms with E-state index in [9.17, 15) is 30.8 Å². The zero-order chi connectivity index (χ0) is 30.0. The minimum atomic E-state index is -4.70. The molecule has 4 aromatic rings. The van der Waals surface area contributed by atoms with E-state index in [0.717, 1.165) is 12.3 Å². The van der Waals surface area contributed by atoms with Gasteiger partial charge in [-0.1, -0.05) is 5.57 Å². The van der Waals surface area contributed by atoms with Gasteiger partial charge in [0.25, 0.3) is 0 Å². The molecule has 9 nitrogen and oxygen atoms in total. The zero-order valence-corrected chi connectivity index (χ0v) is 23.2. The van der Waals surface area contributed by atoms with Gasteiger partial charge in [0.05, 0.1) is 40.4 Å². The molecule has 1 aromatic carbocycles. The third-order valence-corrected chi connectivity index (χ3v) is 9.96. The standard InChI is InChI=1S/C28H24F4N6O3S/c1-17-25(15-34-36(17)2)42(40,41)37-10-8-19-12-24-18(14-35-38(24)22-5-3-21(29)4-6-22)13-27(19,16-37)26(39)23-11-20(7-9-33-23)28(30,31)32/h3-7,9,11-12,14-15H,8,10,13,16H2,1-2H3. The van der Waals surface area contributed by atoms with E-state index in [1.165, 1.54) is 33.5 Å². The number of rotatable bonds is 5. The fourth-order valence-corrected chi connectivity index (χ4v) is 7.34. The molecule has 1 unspecified atom stereocenters. The number of fused-ring (bicyclic) bond motifs is 2. The highest BCUT2D eigenvalue weighted by Crippen LogP contribution is 2.47. The highest BCUT2D eigenvalue weighted by atomic mass is 32.2. The average molecular weight is 601 g/mol. The van der Waals surface area contributed by atoms with Crippen molar-refractivity contribution < 1.29 is 30.8 Å². The van der Waals surface area contributed by atoms with Crippen molar-refractivity contribution in [2.24, 2.45) is 12.5 Å². The molecule has 0 spiro atoms. The van der Waals surface area contributed by atoms with Gasteiger partial charge in [-0.15, -0.1) is 0 Å². The number of hydrogen-bond donors (Lipinski definition) is 0. The van der Waals surface area contributed by atoms with Crippen LogP contribution in [-0.2, 0) is 29.7 Å². The summed E-state index contributed by atoms with van der Waals surface area (Å²) in [5, 5.41) is 8.47. The van der Waals surface area contributed by atoms with E-state index in [0.29, 0.717) is 34.3 Å². The Morgan fingerprint density at radius 2 is 1.81 bits per heavy atom. The normalized spacial score (nSPS) is 19.2. The van der Waals surface area contributed by atoms with Crippen LogP contribution in [0, 0.1) is 18.2 Å². The van der Waals surface area contributed by atoms with Gasteiger partial charge in [0.15, 0.2) is 5.78 Å². The lowest BCUT2D eigenvalue weighted by Gasteiger charge is -2.44. The molecular weight excluding hydrogens is 576 g/mol. The van der Waals surface area contributed by atoms with Gasteiger partial charge in [0, 0.05) is 26.3 Å². The zero-order valence-electron chi connectivity index (χ0n) is 22.4. The molecule has 42 heavy (non-hydrogen) atoms. The van der Waals surface area contributed by atoms with Gasteiger partial charge < -0.3 is 0 Å². The minimum absolute atomic E-state index is 0.0159. The monoisotopic (exact) mass is 600 g/mol. The van der Waals surface area contributed by atoms with E-state index in [2.05, 4.69) is 15.2 Å². The van der Waals surface area contributed by atoms with Gasteiger partial charge in [-0.05, 0) is 67.8 Å². The van der Waals surface area contributed by atoms with Crippen molar-refractivity contribution in [1.82, 2.24) is 28.9 Å². The number of aryl methyl sites for hydroxylation is 1. The summed E-state index contributed by atoms with van der Waals surface area (Å²) in [4.78, 5) is 18.2. The molecule has 0 radical (unpaired) electrons. The first kappa shape index (κ1) is 28.0. The second kappa shape index (κ2) is 9.70. The molecule has 2 aliphatic rings. The number of carbonyl (C=O) groups is 1. The Bertz CT molecular complexity index is 1860. The number of alkyl halides is 3. The van der Waals surface area contributed by atoms with Crippen LogP contribution in [-0.4, -0.2) is 56.1 Å². The van der Waals surface area contributed by atoms with Crippen molar-refractivity contribution in [1.29, 1.82) is 0 Å². The Kier molecular flexibility index (Phi) is 6.46. The Balaban J connectivity index is 1.48. The summed E-state index contributed by atoms with van der Waals surface area (Å²) in [7, 11) is -2.50. The number of piperidine rings is 1. The quantitative estimate of drug-likeness (QED) is 0.249. The molecule has 218 valence electrons. The molecule has 0 saturated carbocycles. The second-order valence-electron chi connectivity index (χ2n) is 10.4. The molecular formula is C28H24F4N6O3S. The first-order valence-corrected chi connectivity index (χ1v) is 14.4. The fraction of sp³-hybridized carbons (Fsp3) is 0.286. The van der Waals surface area contributed by atoms with Crippen LogP contribution in [0.3, 0.4) is 0 Å². The number of carbonyl (C=O) groups excluding carboxylic acids is 1. The summed E-state index contributed by atoms with van der Waals surface area (Å²) in [5.41, 5.74) is -0.254. The summed E-state index contributed by atoms with van der Waals surface area (Å²) < 4.78 is 86.0. The largest absolute Gasteiger partial charge is 0.416 e. The highest BCUT2D eigenvalue weighted by molar-refractivity contribution is 7.89. The lowest BCUT2D eigenvalue weighted by molar-refractivity contribution is -0.137. The van der Waals surface area contributed by atoms with Crippen LogP contribution < -0.4 is 0 Å². The number of benzene rings is 1. The third kappa shape index (κ3) is 4.45. The number of Topliss-reactive ketones (excluding diaryl/α,β-unsaturated/α-hetero) is 1. The van der Waals surface area contributed by atoms with E-state index >= 15 is 0 Å². The predicted octanol–water partition coefficient (Wildman–Crippen LogP) is 4.37. The maximum absolute atomic E-state index is 14.3. The van der Waals surface area contributed by atoms with E-state index in [-0.39, 0.29) is 30.8 Å². The first-order valence-electron chi connectivity index (χ1n) is 12.9. The Morgan fingerprint density at radius 3 is 2.48 bits per heavy atom. The maximum atomic E-state index is 14.3. The molecule has 0 bridgehead atoms. The van der Waals surface area contributed by atoms with Gasteiger partial charge in [0.1, 0.15) is 16.4 Å². The van der Waals surface area contributed by atoms with Crippen molar-refractivity contribution in [2.75, 3.05) is 13.1 Å². The van der Waals surface area contributed by atoms with Crippen molar-refractivity contribution in [3.8, 4) is 5.69 Å². The number of sulfonamides is 1. The molecule has 6 rings (SSSR count). The maximum Gasteiger partial charge on any atom is 0.416 e. The van der Waals surface area contributed by atoms with Gasteiger partial charge in [-0.3, -0.25) is 14.5 Å². The number of aromatic nitrogens is 5. The smallest absolute Gasteiger partial charge is 0.291 e. The molecule has 1 saturated heterocycles. The third-order valence-electron chi connectivity index (χ3n) is 8.01. The van der Waals surface area contributed by atoms with Gasteiger partial charge in [0.2, 0.25) is 10.0 Å². The van der Waals surface area contributed by atoms with Crippen molar-refractivity contribution >= 4 is 21.9 Å². The first-order chi connectivity index (χ1) is 19.8. The molecule has 1 aliphatic heterocycles. The van der Waals surface area contributed by atoms with Crippen LogP contribution in [0.5, 0.6) is 0 Å². The van der Waals surface area contributed by atoms with Gasteiger partial charge >= 0.3 is 6.18 Å². The van der Waals surface area contributed by atoms with Crippen molar-refractivity contribution in [2.45, 2.75) is 30.8 Å². The molecule has 1 atom stereocenters. The predicted molar refractivity (Wildman–Crippen MR) is 143 cm³/mol.